The molecule has 0 aliphatic heterocycles. The normalized spacial score (nSPS) is 10.8. The van der Waals surface area contributed by atoms with E-state index in [-0.39, 0.29) is 16.7 Å². The van der Waals surface area contributed by atoms with Gasteiger partial charge in [-0.2, -0.15) is 0 Å². The highest BCUT2D eigenvalue weighted by Gasteiger charge is 2.15. The van der Waals surface area contributed by atoms with Crippen molar-refractivity contribution in [1.29, 1.82) is 0 Å². The molecule has 0 unspecified atom stereocenters. The van der Waals surface area contributed by atoms with E-state index in [0.29, 0.717) is 17.5 Å². The van der Waals surface area contributed by atoms with Crippen LogP contribution in [0, 0.1) is 5.92 Å². The minimum atomic E-state index is -0.876. The third kappa shape index (κ3) is 4.56. The van der Waals surface area contributed by atoms with Crippen LogP contribution in [-0.2, 0) is 9.53 Å². The molecule has 122 valence electrons. The molecule has 0 radical (unpaired) electrons. The smallest absolute Gasteiger partial charge is 0.374 e. The fourth-order valence-electron chi connectivity index (χ4n) is 1.80. The summed E-state index contributed by atoms with van der Waals surface area (Å²) in [5.41, 5.74) is -0.192. The van der Waals surface area contributed by atoms with Gasteiger partial charge in [-0.15, -0.1) is 0 Å². The largest absolute Gasteiger partial charge is 0.450 e. The maximum Gasteiger partial charge on any atom is 0.374 e. The summed E-state index contributed by atoms with van der Waals surface area (Å²) in [4.78, 5) is 35.4. The van der Waals surface area contributed by atoms with Crippen LogP contribution < -0.4 is 10.7 Å². The first-order chi connectivity index (χ1) is 10.9. The molecule has 2 aromatic rings. The third-order valence-electron chi connectivity index (χ3n) is 2.93. The molecular weight excluding hydrogens is 322 g/mol. The van der Waals surface area contributed by atoms with E-state index < -0.39 is 23.9 Å². The van der Waals surface area contributed by atoms with Crippen molar-refractivity contribution in [1.82, 2.24) is 5.32 Å². The Morgan fingerprint density at radius 2 is 2.04 bits per heavy atom. The van der Waals surface area contributed by atoms with Gasteiger partial charge in [0.05, 0.1) is 5.39 Å². The molecule has 0 atom stereocenters. The van der Waals surface area contributed by atoms with Crippen LogP contribution in [0.4, 0.5) is 0 Å². The predicted octanol–water partition coefficient (Wildman–Crippen LogP) is 2.38. The second kappa shape index (κ2) is 7.28. The highest BCUT2D eigenvalue weighted by molar-refractivity contribution is 6.31. The standard InChI is InChI=1S/C16H16ClNO5/c1-9(2)7-18-15(20)8-22-16(21)14-6-12(19)11-5-10(17)3-4-13(11)23-14/h3-6,9H,7-8H2,1-2H3,(H,18,20). The zero-order valence-corrected chi connectivity index (χ0v) is 13.5. The quantitative estimate of drug-likeness (QED) is 0.846. The van der Waals surface area contributed by atoms with E-state index in [4.69, 9.17) is 20.8 Å². The van der Waals surface area contributed by atoms with Gasteiger partial charge in [-0.25, -0.2) is 4.79 Å². The lowest BCUT2D eigenvalue weighted by Crippen LogP contribution is -2.31. The van der Waals surface area contributed by atoms with Crippen molar-refractivity contribution in [3.8, 4) is 0 Å². The minimum Gasteiger partial charge on any atom is -0.450 e. The van der Waals surface area contributed by atoms with Crippen molar-refractivity contribution >= 4 is 34.4 Å². The summed E-state index contributed by atoms with van der Waals surface area (Å²) in [5, 5.41) is 3.27. The Balaban J connectivity index is 2.08. The number of hydrogen-bond acceptors (Lipinski definition) is 5. The minimum absolute atomic E-state index is 0.220. The van der Waals surface area contributed by atoms with Crippen molar-refractivity contribution in [3.63, 3.8) is 0 Å². The van der Waals surface area contributed by atoms with Crippen LogP contribution in [0.2, 0.25) is 5.02 Å². The van der Waals surface area contributed by atoms with Crippen LogP contribution >= 0.6 is 11.6 Å². The van der Waals surface area contributed by atoms with Gasteiger partial charge in [0.2, 0.25) is 5.76 Å². The van der Waals surface area contributed by atoms with E-state index in [1.807, 2.05) is 13.8 Å². The Kier molecular flexibility index (Phi) is 5.39. The molecule has 0 saturated heterocycles. The Bertz CT molecular complexity index is 797. The molecular formula is C16H16ClNO5. The number of esters is 1. The molecule has 1 aromatic heterocycles. The van der Waals surface area contributed by atoms with Crippen LogP contribution in [0.3, 0.4) is 0 Å². The van der Waals surface area contributed by atoms with Gasteiger partial charge in [0, 0.05) is 17.6 Å². The number of benzene rings is 1. The number of halogens is 1. The Morgan fingerprint density at radius 1 is 1.30 bits per heavy atom. The first-order valence-electron chi connectivity index (χ1n) is 7.04. The lowest BCUT2D eigenvalue weighted by atomic mass is 10.2. The molecule has 0 spiro atoms. The number of nitrogens with one attached hydrogen (secondary N) is 1. The van der Waals surface area contributed by atoms with Crippen molar-refractivity contribution in [2.24, 2.45) is 5.92 Å². The van der Waals surface area contributed by atoms with E-state index in [1.54, 1.807) is 6.07 Å². The Morgan fingerprint density at radius 3 is 2.74 bits per heavy atom. The molecule has 6 nitrogen and oxygen atoms in total. The predicted molar refractivity (Wildman–Crippen MR) is 85.6 cm³/mol. The second-order valence-electron chi connectivity index (χ2n) is 5.39. The SMILES string of the molecule is CC(C)CNC(=O)COC(=O)c1cc(=O)c2cc(Cl)ccc2o1. The first-order valence-corrected chi connectivity index (χ1v) is 7.42. The van der Waals surface area contributed by atoms with Crippen molar-refractivity contribution < 1.29 is 18.7 Å². The molecule has 0 fully saturated rings. The van der Waals surface area contributed by atoms with Gasteiger partial charge in [0.1, 0.15) is 5.58 Å². The van der Waals surface area contributed by atoms with Gasteiger partial charge >= 0.3 is 5.97 Å². The molecule has 2 rings (SSSR count). The summed E-state index contributed by atoms with van der Waals surface area (Å²) >= 11 is 5.81. The molecule has 1 aromatic carbocycles. The third-order valence-corrected chi connectivity index (χ3v) is 3.17. The topological polar surface area (TPSA) is 85.6 Å². The van der Waals surface area contributed by atoms with Crippen LogP contribution in [-0.4, -0.2) is 25.0 Å². The summed E-state index contributed by atoms with van der Waals surface area (Å²) < 4.78 is 10.2. The zero-order valence-electron chi connectivity index (χ0n) is 12.7. The summed E-state index contributed by atoms with van der Waals surface area (Å²) in [6, 6.07) is 5.51. The van der Waals surface area contributed by atoms with Crippen molar-refractivity contribution in [3.05, 3.63) is 45.3 Å². The molecule has 0 bridgehead atoms. The first kappa shape index (κ1) is 17.0. The number of amides is 1. The summed E-state index contributed by atoms with van der Waals surface area (Å²) in [7, 11) is 0. The zero-order chi connectivity index (χ0) is 17.0. The lowest BCUT2D eigenvalue weighted by molar-refractivity contribution is -0.124. The van der Waals surface area contributed by atoms with Crippen LogP contribution in [0.1, 0.15) is 24.4 Å². The lowest BCUT2D eigenvalue weighted by Gasteiger charge is -2.08. The average Bonchev–Trinajstić information content (AvgIpc) is 2.51. The molecule has 1 N–H and O–H groups in total. The number of rotatable bonds is 5. The van der Waals surface area contributed by atoms with Crippen LogP contribution in [0.25, 0.3) is 11.0 Å². The Hall–Kier alpha value is -2.34. The molecule has 0 saturated carbocycles. The monoisotopic (exact) mass is 337 g/mol. The van der Waals surface area contributed by atoms with E-state index in [0.717, 1.165) is 6.07 Å². The summed E-state index contributed by atoms with van der Waals surface area (Å²) in [5.74, 6) is -1.26. The van der Waals surface area contributed by atoms with E-state index in [1.165, 1.54) is 12.1 Å². The second-order valence-corrected chi connectivity index (χ2v) is 5.83. The molecule has 0 aliphatic rings. The molecule has 23 heavy (non-hydrogen) atoms. The van der Waals surface area contributed by atoms with Gasteiger partial charge in [0.15, 0.2) is 12.0 Å². The van der Waals surface area contributed by atoms with Gasteiger partial charge in [-0.1, -0.05) is 25.4 Å². The number of fused-ring (bicyclic) bond motifs is 1. The number of carbonyl (C=O) groups excluding carboxylic acids is 2. The van der Waals surface area contributed by atoms with Gasteiger partial charge in [0.25, 0.3) is 5.91 Å². The molecule has 0 aliphatic carbocycles. The van der Waals surface area contributed by atoms with Crippen molar-refractivity contribution in [2.75, 3.05) is 13.2 Å². The fraction of sp³-hybridized carbons (Fsp3) is 0.312. The van der Waals surface area contributed by atoms with Gasteiger partial charge < -0.3 is 14.5 Å². The number of carbonyl (C=O) groups is 2. The molecule has 1 amide bonds. The highest BCUT2D eigenvalue weighted by Crippen LogP contribution is 2.17. The Labute approximate surface area is 137 Å². The fourth-order valence-corrected chi connectivity index (χ4v) is 1.97. The summed E-state index contributed by atoms with van der Waals surface area (Å²) in [6.45, 7) is 3.95. The number of ether oxygens (including phenoxy) is 1. The van der Waals surface area contributed by atoms with Crippen LogP contribution in [0.15, 0.2) is 33.5 Å². The number of hydrogen-bond donors (Lipinski definition) is 1. The van der Waals surface area contributed by atoms with Crippen LogP contribution in [0.5, 0.6) is 0 Å². The molecule has 7 heteroatoms. The average molecular weight is 338 g/mol. The molecule has 1 heterocycles. The van der Waals surface area contributed by atoms with Crippen molar-refractivity contribution in [2.45, 2.75) is 13.8 Å². The van der Waals surface area contributed by atoms with E-state index in [2.05, 4.69) is 5.32 Å². The van der Waals surface area contributed by atoms with Gasteiger partial charge in [-0.3, -0.25) is 9.59 Å². The maximum absolute atomic E-state index is 12.0. The van der Waals surface area contributed by atoms with Gasteiger partial charge in [-0.05, 0) is 24.1 Å². The van der Waals surface area contributed by atoms with E-state index >= 15 is 0 Å². The van der Waals surface area contributed by atoms with E-state index in [9.17, 15) is 14.4 Å². The summed E-state index contributed by atoms with van der Waals surface area (Å²) in [6.07, 6.45) is 0. The maximum atomic E-state index is 12.0. The highest BCUT2D eigenvalue weighted by atomic mass is 35.5.